The van der Waals surface area contributed by atoms with Crippen LogP contribution in [0.4, 0.5) is 5.69 Å². The van der Waals surface area contributed by atoms with Gasteiger partial charge in [0.15, 0.2) is 6.61 Å². The lowest BCUT2D eigenvalue weighted by Gasteiger charge is -2.07. The van der Waals surface area contributed by atoms with E-state index in [1.54, 1.807) is 31.4 Å². The first-order chi connectivity index (χ1) is 12.0. The van der Waals surface area contributed by atoms with E-state index in [0.717, 1.165) is 5.56 Å². The highest BCUT2D eigenvalue weighted by Gasteiger charge is 2.10. The smallest absolute Gasteiger partial charge is 0.338 e. The number of nitrogens with two attached hydrogens (primary N) is 1. The Morgan fingerprint density at radius 1 is 0.960 bits per heavy atom. The Hall–Kier alpha value is -3.19. The van der Waals surface area contributed by atoms with Gasteiger partial charge in [-0.05, 0) is 42.0 Å². The fourth-order valence-corrected chi connectivity index (χ4v) is 2.03. The molecule has 0 radical (unpaired) electrons. The number of hydrogen-bond donors (Lipinski definition) is 2. The fourth-order valence-electron chi connectivity index (χ4n) is 2.03. The van der Waals surface area contributed by atoms with E-state index >= 15 is 0 Å². The Morgan fingerprint density at radius 2 is 1.56 bits per heavy atom. The van der Waals surface area contributed by atoms with Crippen molar-refractivity contribution >= 4 is 23.5 Å². The summed E-state index contributed by atoms with van der Waals surface area (Å²) in [5.74, 6) is -1.64. The number of esters is 1. The largest absolute Gasteiger partial charge is 0.452 e. The van der Waals surface area contributed by atoms with Crippen LogP contribution in [0.15, 0.2) is 48.5 Å². The van der Waals surface area contributed by atoms with Crippen LogP contribution in [0, 0.1) is 0 Å². The van der Waals surface area contributed by atoms with E-state index in [0.29, 0.717) is 23.4 Å². The highest BCUT2D eigenvalue weighted by Crippen LogP contribution is 2.10. The third-order valence-electron chi connectivity index (χ3n) is 3.29. The molecule has 2 amide bonds. The number of hydrogen-bond acceptors (Lipinski definition) is 5. The predicted octanol–water partition coefficient (Wildman–Crippen LogP) is 1.73. The normalized spacial score (nSPS) is 10.1. The van der Waals surface area contributed by atoms with E-state index in [4.69, 9.17) is 15.2 Å². The van der Waals surface area contributed by atoms with Gasteiger partial charge in [-0.3, -0.25) is 9.59 Å². The first kappa shape index (κ1) is 18.2. The fraction of sp³-hybridized carbons (Fsp3) is 0.167. The summed E-state index contributed by atoms with van der Waals surface area (Å²) in [6.45, 7) is 0.0303. The number of carbonyl (C=O) groups excluding carboxylic acids is 3. The summed E-state index contributed by atoms with van der Waals surface area (Å²) in [5.41, 5.74) is 7.21. The van der Waals surface area contributed by atoms with Gasteiger partial charge in [-0.25, -0.2) is 4.79 Å². The zero-order valence-electron chi connectivity index (χ0n) is 13.7. The summed E-state index contributed by atoms with van der Waals surface area (Å²) in [4.78, 5) is 34.7. The molecule has 2 rings (SSSR count). The Balaban J connectivity index is 1.84. The lowest BCUT2D eigenvalue weighted by Crippen LogP contribution is -2.21. The topological polar surface area (TPSA) is 108 Å². The minimum Gasteiger partial charge on any atom is -0.452 e. The van der Waals surface area contributed by atoms with Crippen molar-refractivity contribution < 1.29 is 23.9 Å². The molecule has 0 saturated heterocycles. The maximum Gasteiger partial charge on any atom is 0.338 e. The van der Waals surface area contributed by atoms with Crippen LogP contribution >= 0.6 is 0 Å². The summed E-state index contributed by atoms with van der Waals surface area (Å²) >= 11 is 0. The molecule has 0 atom stereocenters. The quantitative estimate of drug-likeness (QED) is 0.745. The van der Waals surface area contributed by atoms with Gasteiger partial charge in [0.1, 0.15) is 0 Å². The minimum atomic E-state index is -0.594. The van der Waals surface area contributed by atoms with Gasteiger partial charge in [0.25, 0.3) is 5.91 Å². The molecule has 2 aromatic carbocycles. The van der Waals surface area contributed by atoms with Gasteiger partial charge in [0.05, 0.1) is 12.2 Å². The maximum absolute atomic E-state index is 11.9. The SMILES string of the molecule is COCc1ccc(C(=O)OCC(=O)Nc2ccc(C(N)=O)cc2)cc1. The van der Waals surface area contributed by atoms with Crippen molar-refractivity contribution in [2.75, 3.05) is 19.0 Å². The van der Waals surface area contributed by atoms with Crippen LogP contribution in [0.5, 0.6) is 0 Å². The van der Waals surface area contributed by atoms with Crippen LogP contribution in [0.3, 0.4) is 0 Å². The van der Waals surface area contributed by atoms with Crippen LogP contribution in [0.2, 0.25) is 0 Å². The van der Waals surface area contributed by atoms with E-state index in [2.05, 4.69) is 5.32 Å². The molecule has 0 aromatic heterocycles. The molecule has 0 spiro atoms. The predicted molar refractivity (Wildman–Crippen MR) is 91.0 cm³/mol. The van der Waals surface area contributed by atoms with E-state index in [1.807, 2.05) is 0 Å². The first-order valence-corrected chi connectivity index (χ1v) is 7.44. The van der Waals surface area contributed by atoms with Crippen molar-refractivity contribution in [3.05, 3.63) is 65.2 Å². The van der Waals surface area contributed by atoms with Gasteiger partial charge in [0.2, 0.25) is 5.91 Å². The van der Waals surface area contributed by atoms with E-state index < -0.39 is 24.4 Å². The second-order valence-electron chi connectivity index (χ2n) is 5.20. The van der Waals surface area contributed by atoms with Crippen LogP contribution in [0.1, 0.15) is 26.3 Å². The number of benzene rings is 2. The maximum atomic E-state index is 11.9. The zero-order chi connectivity index (χ0) is 18.2. The summed E-state index contributed by atoms with van der Waals surface area (Å²) in [7, 11) is 1.59. The van der Waals surface area contributed by atoms with Gasteiger partial charge in [-0.1, -0.05) is 12.1 Å². The van der Waals surface area contributed by atoms with Crippen molar-refractivity contribution in [3.63, 3.8) is 0 Å². The van der Waals surface area contributed by atoms with Crippen molar-refractivity contribution in [2.45, 2.75) is 6.61 Å². The van der Waals surface area contributed by atoms with E-state index in [1.165, 1.54) is 24.3 Å². The van der Waals surface area contributed by atoms with Crippen molar-refractivity contribution in [2.24, 2.45) is 5.73 Å². The molecular formula is C18H18N2O5. The molecule has 0 saturated carbocycles. The summed E-state index contributed by atoms with van der Waals surface area (Å²) in [6.07, 6.45) is 0. The first-order valence-electron chi connectivity index (χ1n) is 7.44. The molecule has 0 heterocycles. The minimum absolute atomic E-state index is 0.335. The van der Waals surface area contributed by atoms with E-state index in [9.17, 15) is 14.4 Å². The average molecular weight is 342 g/mol. The highest BCUT2D eigenvalue weighted by molar-refractivity contribution is 5.96. The van der Waals surface area contributed by atoms with Gasteiger partial charge in [-0.15, -0.1) is 0 Å². The van der Waals surface area contributed by atoms with Gasteiger partial charge in [-0.2, -0.15) is 0 Å². The number of nitrogens with one attached hydrogen (secondary N) is 1. The molecule has 0 fully saturated rings. The lowest BCUT2D eigenvalue weighted by atomic mass is 10.1. The molecule has 0 bridgehead atoms. The lowest BCUT2D eigenvalue weighted by molar-refractivity contribution is -0.119. The molecule has 130 valence electrons. The number of amides is 2. The van der Waals surface area contributed by atoms with Crippen LogP contribution < -0.4 is 11.1 Å². The number of rotatable bonds is 7. The molecule has 7 nitrogen and oxygen atoms in total. The van der Waals surface area contributed by atoms with Gasteiger partial charge >= 0.3 is 5.97 Å². The molecule has 0 aliphatic rings. The van der Waals surface area contributed by atoms with Gasteiger partial charge in [0, 0.05) is 18.4 Å². The Kier molecular flexibility index (Phi) is 6.25. The molecule has 2 aromatic rings. The molecule has 7 heteroatoms. The number of carbonyl (C=O) groups is 3. The molecular weight excluding hydrogens is 324 g/mol. The third-order valence-corrected chi connectivity index (χ3v) is 3.29. The standard InChI is InChI=1S/C18H18N2O5/c1-24-10-12-2-4-14(5-3-12)18(23)25-11-16(21)20-15-8-6-13(7-9-15)17(19)22/h2-9H,10-11H2,1H3,(H2,19,22)(H,20,21). The second kappa shape index (κ2) is 8.60. The molecule has 25 heavy (non-hydrogen) atoms. The van der Waals surface area contributed by atoms with Crippen LogP contribution in [0.25, 0.3) is 0 Å². The Labute approximate surface area is 144 Å². The Bertz CT molecular complexity index is 754. The molecule has 0 aliphatic carbocycles. The number of ether oxygens (including phenoxy) is 2. The number of primary amides is 1. The molecule has 3 N–H and O–H groups in total. The van der Waals surface area contributed by atoms with Crippen molar-refractivity contribution in [1.29, 1.82) is 0 Å². The monoisotopic (exact) mass is 342 g/mol. The average Bonchev–Trinajstić information content (AvgIpc) is 2.61. The molecule has 0 unspecified atom stereocenters. The summed E-state index contributed by atoms with van der Waals surface area (Å²) < 4.78 is 9.96. The Morgan fingerprint density at radius 3 is 2.12 bits per heavy atom. The van der Waals surface area contributed by atoms with Crippen molar-refractivity contribution in [3.8, 4) is 0 Å². The zero-order valence-corrected chi connectivity index (χ0v) is 13.7. The third kappa shape index (κ3) is 5.43. The molecule has 0 aliphatic heterocycles. The van der Waals surface area contributed by atoms with Crippen LogP contribution in [-0.2, 0) is 20.9 Å². The van der Waals surface area contributed by atoms with Gasteiger partial charge < -0.3 is 20.5 Å². The number of anilines is 1. The summed E-state index contributed by atoms with van der Waals surface area (Å²) in [5, 5.41) is 2.56. The van der Waals surface area contributed by atoms with Crippen molar-refractivity contribution in [1.82, 2.24) is 0 Å². The second-order valence-corrected chi connectivity index (χ2v) is 5.20. The number of methoxy groups -OCH3 is 1. The highest BCUT2D eigenvalue weighted by atomic mass is 16.5. The van der Waals surface area contributed by atoms with E-state index in [-0.39, 0.29) is 0 Å². The summed E-state index contributed by atoms with van der Waals surface area (Å²) in [6, 6.07) is 12.8. The van der Waals surface area contributed by atoms with Crippen LogP contribution in [-0.4, -0.2) is 31.5 Å².